The van der Waals surface area contributed by atoms with Gasteiger partial charge in [-0.05, 0) is 69.5 Å². The van der Waals surface area contributed by atoms with Crippen LogP contribution in [0.25, 0.3) is 0 Å². The highest BCUT2D eigenvalue weighted by molar-refractivity contribution is 7.87. The molecule has 0 aromatic heterocycles. The normalized spacial score (nSPS) is 16.5. The zero-order valence-corrected chi connectivity index (χ0v) is 18.2. The summed E-state index contributed by atoms with van der Waals surface area (Å²) in [6.45, 7) is 7.08. The van der Waals surface area contributed by atoms with Crippen molar-refractivity contribution in [1.82, 2.24) is 5.32 Å². The van der Waals surface area contributed by atoms with Crippen molar-refractivity contribution in [1.29, 1.82) is 0 Å². The van der Waals surface area contributed by atoms with E-state index in [1.165, 1.54) is 18.2 Å². The van der Waals surface area contributed by atoms with Gasteiger partial charge in [0.2, 0.25) is 0 Å². The third kappa shape index (κ3) is 5.18. The molecule has 0 radical (unpaired) electrons. The average Bonchev–Trinajstić information content (AvgIpc) is 2.62. The van der Waals surface area contributed by atoms with Crippen LogP contribution in [-0.2, 0) is 26.1 Å². The van der Waals surface area contributed by atoms with E-state index < -0.39 is 27.9 Å². The maximum atomic E-state index is 12.5. The second kappa shape index (κ2) is 8.10. The van der Waals surface area contributed by atoms with Crippen molar-refractivity contribution in [3.63, 3.8) is 0 Å². The molecular formula is C22H25NO6S. The number of benzene rings is 2. The van der Waals surface area contributed by atoms with Crippen molar-refractivity contribution in [2.24, 2.45) is 0 Å². The molecule has 3 rings (SSSR count). The Morgan fingerprint density at radius 3 is 2.37 bits per heavy atom. The number of carbonyl (C=O) groups excluding carboxylic acids is 2. The van der Waals surface area contributed by atoms with Crippen LogP contribution in [0.5, 0.6) is 5.75 Å². The van der Waals surface area contributed by atoms with Crippen LogP contribution < -0.4 is 9.50 Å². The van der Waals surface area contributed by atoms with Crippen molar-refractivity contribution in [2.45, 2.75) is 57.1 Å². The second-order valence-corrected chi connectivity index (χ2v) is 9.80. The number of carbonyl (C=O) groups is 2. The van der Waals surface area contributed by atoms with Gasteiger partial charge in [-0.3, -0.25) is 4.79 Å². The van der Waals surface area contributed by atoms with E-state index in [0.29, 0.717) is 12.0 Å². The second-order valence-electron chi connectivity index (χ2n) is 8.26. The largest absolute Gasteiger partial charge is 0.444 e. The first kappa shape index (κ1) is 21.8. The Labute approximate surface area is 176 Å². The molecule has 2 aromatic rings. The molecule has 2 aromatic carbocycles. The van der Waals surface area contributed by atoms with Crippen LogP contribution in [0.15, 0.2) is 47.4 Å². The van der Waals surface area contributed by atoms with E-state index in [2.05, 4.69) is 5.32 Å². The molecule has 8 heteroatoms. The number of ketones is 1. The fourth-order valence-electron chi connectivity index (χ4n) is 3.17. The van der Waals surface area contributed by atoms with Gasteiger partial charge in [-0.15, -0.1) is 0 Å². The third-order valence-corrected chi connectivity index (χ3v) is 5.83. The highest BCUT2D eigenvalue weighted by atomic mass is 32.2. The van der Waals surface area contributed by atoms with E-state index >= 15 is 0 Å². The van der Waals surface area contributed by atoms with Gasteiger partial charge in [0.1, 0.15) is 22.3 Å². The maximum absolute atomic E-state index is 12.5. The Balaban J connectivity index is 1.82. The lowest BCUT2D eigenvalue weighted by Crippen LogP contribution is -2.40. The van der Waals surface area contributed by atoms with Gasteiger partial charge in [-0.25, -0.2) is 4.79 Å². The summed E-state index contributed by atoms with van der Waals surface area (Å²) in [5.74, 6) is 0.0222. The number of Topliss-reactive ketones (excluding diaryl/α,β-unsaturated/α-hetero) is 1. The lowest BCUT2D eigenvalue weighted by molar-refractivity contribution is -0.121. The van der Waals surface area contributed by atoms with Crippen LogP contribution in [0.3, 0.4) is 0 Å². The standard InChI is InChI=1S/C22H25NO6S/c1-14-5-9-17(10-6-14)30(26,27)29-16-8-11-18-15(13-16)7-12-19(24)20(18)23-21(25)28-22(2,3)4/h5-6,8-11,13,20H,7,12H2,1-4H3,(H,23,25). The van der Waals surface area contributed by atoms with Gasteiger partial charge in [0.05, 0.1) is 0 Å². The third-order valence-electron chi connectivity index (χ3n) is 4.56. The molecule has 0 heterocycles. The number of hydrogen-bond acceptors (Lipinski definition) is 6. The quantitative estimate of drug-likeness (QED) is 0.739. The topological polar surface area (TPSA) is 98.8 Å². The van der Waals surface area contributed by atoms with Gasteiger partial charge < -0.3 is 14.2 Å². The number of aryl methyl sites for hydroxylation is 2. The molecule has 1 atom stereocenters. The Kier molecular flexibility index (Phi) is 5.90. The minimum absolute atomic E-state index is 0.0606. The van der Waals surface area contributed by atoms with E-state index in [-0.39, 0.29) is 22.8 Å². The van der Waals surface area contributed by atoms with Gasteiger partial charge in [-0.1, -0.05) is 23.8 Å². The summed E-state index contributed by atoms with van der Waals surface area (Å²) in [5, 5.41) is 2.61. The Bertz CT molecular complexity index is 1070. The molecule has 1 N–H and O–H groups in total. The molecule has 0 saturated carbocycles. The summed E-state index contributed by atoms with van der Waals surface area (Å²) in [6, 6.07) is 10.2. The highest BCUT2D eigenvalue weighted by Crippen LogP contribution is 2.31. The molecule has 1 aliphatic carbocycles. The van der Waals surface area contributed by atoms with E-state index in [0.717, 1.165) is 11.1 Å². The van der Waals surface area contributed by atoms with Gasteiger partial charge in [0, 0.05) is 6.42 Å². The lowest BCUT2D eigenvalue weighted by Gasteiger charge is -2.27. The van der Waals surface area contributed by atoms with E-state index in [4.69, 9.17) is 8.92 Å². The minimum atomic E-state index is -3.98. The Morgan fingerprint density at radius 1 is 1.07 bits per heavy atom. The summed E-state index contributed by atoms with van der Waals surface area (Å²) in [5.41, 5.74) is 1.60. The molecule has 1 amide bonds. The van der Waals surface area contributed by atoms with Crippen LogP contribution in [0, 0.1) is 6.92 Å². The molecule has 0 spiro atoms. The summed E-state index contributed by atoms with van der Waals surface area (Å²) in [4.78, 5) is 24.6. The van der Waals surface area contributed by atoms with Crippen LogP contribution in [0.2, 0.25) is 0 Å². The van der Waals surface area contributed by atoms with Gasteiger partial charge in [0.25, 0.3) is 0 Å². The first-order chi connectivity index (χ1) is 13.9. The van der Waals surface area contributed by atoms with Gasteiger partial charge >= 0.3 is 16.2 Å². The van der Waals surface area contributed by atoms with Crippen molar-refractivity contribution in [3.8, 4) is 5.75 Å². The molecule has 0 bridgehead atoms. The average molecular weight is 432 g/mol. The zero-order valence-electron chi connectivity index (χ0n) is 17.4. The van der Waals surface area contributed by atoms with E-state index in [9.17, 15) is 18.0 Å². The van der Waals surface area contributed by atoms with Gasteiger partial charge in [0.15, 0.2) is 5.78 Å². The number of alkyl carbamates (subject to hydrolysis) is 1. The molecule has 30 heavy (non-hydrogen) atoms. The molecule has 160 valence electrons. The number of amides is 1. The van der Waals surface area contributed by atoms with Crippen LogP contribution >= 0.6 is 0 Å². The van der Waals surface area contributed by atoms with Crippen molar-refractivity contribution in [2.75, 3.05) is 0 Å². The SMILES string of the molecule is Cc1ccc(S(=O)(=O)Oc2ccc3c(c2)CCC(=O)C3NC(=O)OC(C)(C)C)cc1. The Morgan fingerprint density at radius 2 is 1.73 bits per heavy atom. The molecule has 0 saturated heterocycles. The number of fused-ring (bicyclic) bond motifs is 1. The smallest absolute Gasteiger partial charge is 0.408 e. The van der Waals surface area contributed by atoms with Crippen LogP contribution in [0.1, 0.15) is 49.9 Å². The lowest BCUT2D eigenvalue weighted by atomic mass is 9.86. The molecule has 1 unspecified atom stereocenters. The van der Waals surface area contributed by atoms with E-state index in [1.54, 1.807) is 45.0 Å². The molecule has 0 aliphatic heterocycles. The van der Waals surface area contributed by atoms with Crippen molar-refractivity contribution < 1.29 is 26.9 Å². The monoisotopic (exact) mass is 431 g/mol. The number of ether oxygens (including phenoxy) is 1. The summed E-state index contributed by atoms with van der Waals surface area (Å²) >= 11 is 0. The van der Waals surface area contributed by atoms with E-state index in [1.807, 2.05) is 6.92 Å². The first-order valence-corrected chi connectivity index (χ1v) is 11.0. The summed E-state index contributed by atoms with van der Waals surface area (Å²) < 4.78 is 35.6. The maximum Gasteiger partial charge on any atom is 0.408 e. The predicted molar refractivity (Wildman–Crippen MR) is 111 cm³/mol. The van der Waals surface area contributed by atoms with Crippen LogP contribution in [-0.4, -0.2) is 25.9 Å². The molecule has 1 aliphatic rings. The fourth-order valence-corrected chi connectivity index (χ4v) is 4.09. The first-order valence-electron chi connectivity index (χ1n) is 9.61. The molecule has 7 nitrogen and oxygen atoms in total. The summed E-state index contributed by atoms with van der Waals surface area (Å²) in [6.07, 6.45) is -0.0275. The minimum Gasteiger partial charge on any atom is -0.444 e. The highest BCUT2D eigenvalue weighted by Gasteiger charge is 2.31. The van der Waals surface area contributed by atoms with Crippen molar-refractivity contribution >= 4 is 22.0 Å². The zero-order chi connectivity index (χ0) is 22.1. The number of hydrogen-bond donors (Lipinski definition) is 1. The summed E-state index contributed by atoms with van der Waals surface area (Å²) in [7, 11) is -3.98. The molecular weight excluding hydrogens is 406 g/mol. The van der Waals surface area contributed by atoms with Crippen LogP contribution in [0.4, 0.5) is 4.79 Å². The molecule has 0 fully saturated rings. The predicted octanol–water partition coefficient (Wildman–Crippen LogP) is 3.84. The Hall–Kier alpha value is -2.87. The van der Waals surface area contributed by atoms with Crippen molar-refractivity contribution in [3.05, 3.63) is 59.2 Å². The number of nitrogens with one attached hydrogen (secondary N) is 1. The van der Waals surface area contributed by atoms with Gasteiger partial charge in [-0.2, -0.15) is 8.42 Å². The fraction of sp³-hybridized carbons (Fsp3) is 0.364. The number of rotatable bonds is 4.